The second-order valence-corrected chi connectivity index (χ2v) is 9.60. The standard InChI is InChI=1S/C28H28ClFN4O4/c1-33(2)14-13-31-27(36)24-25(38-28(37)34(24)17-18-7-5-9-20(29)15-18)19-8-6-10-21(16-19)32-26(35)22-11-3-4-12-23(22)30/h3-12,15-16,24-25H,13-14,17H2,1-2H3,(H,31,36)(H,32,35). The lowest BCUT2D eigenvalue weighted by atomic mass is 10.00. The Kier molecular flexibility index (Phi) is 8.60. The highest BCUT2D eigenvalue weighted by Crippen LogP contribution is 2.35. The number of amides is 3. The molecule has 10 heteroatoms. The van der Waals surface area contributed by atoms with Crippen molar-refractivity contribution in [3.8, 4) is 0 Å². The maximum atomic E-state index is 14.1. The van der Waals surface area contributed by atoms with E-state index in [-0.39, 0.29) is 18.0 Å². The van der Waals surface area contributed by atoms with Crippen LogP contribution in [0.5, 0.6) is 0 Å². The van der Waals surface area contributed by atoms with Gasteiger partial charge in [-0.1, -0.05) is 48.0 Å². The van der Waals surface area contributed by atoms with E-state index in [9.17, 15) is 18.8 Å². The molecule has 1 fully saturated rings. The minimum absolute atomic E-state index is 0.101. The van der Waals surface area contributed by atoms with Crippen molar-refractivity contribution in [2.45, 2.75) is 18.7 Å². The number of hydrogen-bond acceptors (Lipinski definition) is 5. The Bertz CT molecular complexity index is 1340. The molecule has 3 aromatic carbocycles. The van der Waals surface area contributed by atoms with E-state index < -0.39 is 30.0 Å². The van der Waals surface area contributed by atoms with E-state index in [4.69, 9.17) is 16.3 Å². The Morgan fingerprint density at radius 3 is 2.55 bits per heavy atom. The van der Waals surface area contributed by atoms with Crippen LogP contribution in [0.1, 0.15) is 27.6 Å². The van der Waals surface area contributed by atoms with Gasteiger partial charge in [-0.25, -0.2) is 9.18 Å². The van der Waals surface area contributed by atoms with Gasteiger partial charge < -0.3 is 20.3 Å². The summed E-state index contributed by atoms with van der Waals surface area (Å²) >= 11 is 6.12. The van der Waals surface area contributed by atoms with Crippen molar-refractivity contribution in [2.24, 2.45) is 0 Å². The van der Waals surface area contributed by atoms with Crippen LogP contribution >= 0.6 is 11.6 Å². The van der Waals surface area contributed by atoms with Crippen molar-refractivity contribution < 1.29 is 23.5 Å². The summed E-state index contributed by atoms with van der Waals surface area (Å²) < 4.78 is 19.8. The number of halogens is 2. The first kappa shape index (κ1) is 27.1. The summed E-state index contributed by atoms with van der Waals surface area (Å²) in [4.78, 5) is 42.3. The molecule has 0 spiro atoms. The molecule has 1 aliphatic heterocycles. The molecule has 0 aromatic heterocycles. The van der Waals surface area contributed by atoms with Crippen LogP contribution in [0.2, 0.25) is 5.02 Å². The molecule has 3 aromatic rings. The van der Waals surface area contributed by atoms with E-state index in [1.54, 1.807) is 48.5 Å². The molecule has 2 N–H and O–H groups in total. The van der Waals surface area contributed by atoms with Crippen molar-refractivity contribution in [1.82, 2.24) is 15.1 Å². The molecule has 8 nitrogen and oxygen atoms in total. The highest BCUT2D eigenvalue weighted by Gasteiger charge is 2.47. The van der Waals surface area contributed by atoms with Gasteiger partial charge in [0.15, 0.2) is 12.1 Å². The first-order valence-electron chi connectivity index (χ1n) is 12.0. The highest BCUT2D eigenvalue weighted by molar-refractivity contribution is 6.30. The molecule has 2 atom stereocenters. The number of nitrogens with zero attached hydrogens (tertiary/aromatic N) is 2. The average Bonchev–Trinajstić information content (AvgIpc) is 3.20. The van der Waals surface area contributed by atoms with E-state index in [1.165, 1.54) is 23.1 Å². The molecule has 1 heterocycles. The van der Waals surface area contributed by atoms with Crippen LogP contribution in [0, 0.1) is 5.82 Å². The van der Waals surface area contributed by atoms with Crippen LogP contribution in [0.15, 0.2) is 72.8 Å². The Morgan fingerprint density at radius 2 is 1.82 bits per heavy atom. The minimum Gasteiger partial charge on any atom is -0.438 e. The minimum atomic E-state index is -0.971. The van der Waals surface area contributed by atoms with Gasteiger partial charge in [-0.05, 0) is 61.6 Å². The fourth-order valence-corrected chi connectivity index (χ4v) is 4.40. The van der Waals surface area contributed by atoms with Crippen molar-refractivity contribution in [3.05, 3.63) is 100 Å². The van der Waals surface area contributed by atoms with Crippen molar-refractivity contribution in [1.29, 1.82) is 0 Å². The molecule has 198 valence electrons. The number of ether oxygens (including phenoxy) is 1. The van der Waals surface area contributed by atoms with Gasteiger partial charge in [0.25, 0.3) is 5.91 Å². The molecule has 0 radical (unpaired) electrons. The topological polar surface area (TPSA) is 91.0 Å². The van der Waals surface area contributed by atoms with Crippen LogP contribution in [0.25, 0.3) is 0 Å². The monoisotopic (exact) mass is 538 g/mol. The number of benzene rings is 3. The molecule has 0 saturated carbocycles. The number of anilines is 1. The smallest absolute Gasteiger partial charge is 0.411 e. The molecule has 4 rings (SSSR count). The van der Waals surface area contributed by atoms with E-state index in [1.807, 2.05) is 25.1 Å². The summed E-state index contributed by atoms with van der Waals surface area (Å²) in [6.07, 6.45) is -1.59. The van der Waals surface area contributed by atoms with Crippen LogP contribution < -0.4 is 10.6 Å². The van der Waals surface area contributed by atoms with Gasteiger partial charge in [0.2, 0.25) is 5.91 Å². The molecular formula is C28H28ClFN4O4. The number of hydrogen-bond donors (Lipinski definition) is 2. The Labute approximate surface area is 225 Å². The fourth-order valence-electron chi connectivity index (χ4n) is 4.19. The third kappa shape index (κ3) is 6.48. The van der Waals surface area contributed by atoms with E-state index in [2.05, 4.69) is 10.6 Å². The summed E-state index contributed by atoms with van der Waals surface area (Å²) in [5.74, 6) is -1.63. The van der Waals surface area contributed by atoms with Crippen LogP contribution in [-0.4, -0.2) is 60.9 Å². The number of nitrogens with one attached hydrogen (secondary N) is 2. The van der Waals surface area contributed by atoms with Gasteiger partial charge in [-0.3, -0.25) is 14.5 Å². The van der Waals surface area contributed by atoms with Gasteiger partial charge in [-0.15, -0.1) is 0 Å². The van der Waals surface area contributed by atoms with Gasteiger partial charge in [0, 0.05) is 23.8 Å². The number of cyclic esters (lactones) is 1. The number of carbonyl (C=O) groups excluding carboxylic acids is 3. The van der Waals surface area contributed by atoms with Crippen LogP contribution in [0.3, 0.4) is 0 Å². The lowest BCUT2D eigenvalue weighted by Gasteiger charge is -2.25. The molecule has 1 saturated heterocycles. The van der Waals surface area contributed by atoms with Crippen molar-refractivity contribution in [2.75, 3.05) is 32.5 Å². The Morgan fingerprint density at radius 1 is 1.05 bits per heavy atom. The number of carbonyl (C=O) groups is 3. The normalized spacial score (nSPS) is 16.9. The second-order valence-electron chi connectivity index (χ2n) is 9.16. The van der Waals surface area contributed by atoms with Gasteiger partial charge in [0.1, 0.15) is 5.82 Å². The van der Waals surface area contributed by atoms with Crippen molar-refractivity contribution >= 4 is 35.2 Å². The summed E-state index contributed by atoms with van der Waals surface area (Å²) in [6, 6.07) is 18.3. The van der Waals surface area contributed by atoms with E-state index >= 15 is 0 Å². The Hall–Kier alpha value is -3.95. The molecular weight excluding hydrogens is 511 g/mol. The quantitative estimate of drug-likeness (QED) is 0.419. The zero-order valence-corrected chi connectivity index (χ0v) is 21.7. The molecule has 2 unspecified atom stereocenters. The summed E-state index contributed by atoms with van der Waals surface area (Å²) in [5, 5.41) is 6.07. The summed E-state index contributed by atoms with van der Waals surface area (Å²) in [5.41, 5.74) is 1.51. The fraction of sp³-hybridized carbons (Fsp3) is 0.250. The van der Waals surface area contributed by atoms with E-state index in [0.717, 1.165) is 5.56 Å². The van der Waals surface area contributed by atoms with Crippen LogP contribution in [-0.2, 0) is 16.1 Å². The summed E-state index contributed by atoms with van der Waals surface area (Å²) in [7, 11) is 3.79. The molecule has 1 aliphatic rings. The SMILES string of the molecule is CN(C)CCNC(=O)C1C(c2cccc(NC(=O)c3ccccc3F)c2)OC(=O)N1Cc1cccc(Cl)c1. The van der Waals surface area contributed by atoms with Crippen molar-refractivity contribution in [3.63, 3.8) is 0 Å². The number of likely N-dealkylation sites (N-methyl/N-ethyl adjacent to an activating group) is 1. The lowest BCUT2D eigenvalue weighted by molar-refractivity contribution is -0.126. The predicted molar refractivity (Wildman–Crippen MR) is 142 cm³/mol. The Balaban J connectivity index is 1.60. The maximum absolute atomic E-state index is 14.1. The second kappa shape index (κ2) is 12.1. The highest BCUT2D eigenvalue weighted by atomic mass is 35.5. The first-order valence-corrected chi connectivity index (χ1v) is 12.4. The number of rotatable bonds is 9. The maximum Gasteiger partial charge on any atom is 0.411 e. The zero-order valence-electron chi connectivity index (χ0n) is 21.0. The molecule has 38 heavy (non-hydrogen) atoms. The van der Waals surface area contributed by atoms with Gasteiger partial charge >= 0.3 is 6.09 Å². The summed E-state index contributed by atoms with van der Waals surface area (Å²) in [6.45, 7) is 1.11. The zero-order chi connectivity index (χ0) is 27.2. The third-order valence-corrected chi connectivity index (χ3v) is 6.28. The third-order valence-electron chi connectivity index (χ3n) is 6.05. The molecule has 3 amide bonds. The molecule has 0 aliphatic carbocycles. The first-order chi connectivity index (χ1) is 18.2. The van der Waals surface area contributed by atoms with Gasteiger partial charge in [0.05, 0.1) is 12.1 Å². The van der Waals surface area contributed by atoms with E-state index in [0.29, 0.717) is 29.4 Å². The van der Waals surface area contributed by atoms with Gasteiger partial charge in [-0.2, -0.15) is 0 Å². The largest absolute Gasteiger partial charge is 0.438 e. The molecule has 0 bridgehead atoms. The predicted octanol–water partition coefficient (Wildman–Crippen LogP) is 4.47. The van der Waals surface area contributed by atoms with Crippen LogP contribution in [0.4, 0.5) is 14.9 Å². The average molecular weight is 539 g/mol. The lowest BCUT2D eigenvalue weighted by Crippen LogP contribution is -2.47.